The summed E-state index contributed by atoms with van der Waals surface area (Å²) in [5.41, 5.74) is 0.296. The number of carbonyl (C=O) groups excluding carboxylic acids is 2. The van der Waals surface area contributed by atoms with Crippen molar-refractivity contribution < 1.29 is 27.3 Å². The first kappa shape index (κ1) is 16.0. The van der Waals surface area contributed by atoms with Crippen LogP contribution >= 0.6 is 0 Å². The maximum Gasteiger partial charge on any atom is 0.500 e. The smallest absolute Gasteiger partial charge is 0.497 e. The first-order valence-electron chi connectivity index (χ1n) is 6.31. The molecule has 1 N–H and O–H groups in total. The number of carbonyl (C=O) groups is 2. The van der Waals surface area contributed by atoms with Gasteiger partial charge < -0.3 is 4.74 Å². The lowest BCUT2D eigenvalue weighted by Crippen LogP contribution is -2.54. The van der Waals surface area contributed by atoms with Crippen molar-refractivity contribution >= 4 is 33.9 Å². The molecule has 0 saturated carbocycles. The first-order chi connectivity index (χ1) is 10.3. The third-order valence-electron chi connectivity index (χ3n) is 3.21. The van der Waals surface area contributed by atoms with E-state index in [1.165, 1.54) is 33.3 Å². The van der Waals surface area contributed by atoms with E-state index < -0.39 is 27.2 Å². The number of hydrogen-bond acceptors (Lipinski definition) is 5. The normalized spacial score (nSPS) is 19.0. The molecule has 8 nitrogen and oxygen atoms in total. The molecule has 0 aromatic heterocycles. The van der Waals surface area contributed by atoms with E-state index in [0.717, 1.165) is 15.7 Å². The molecule has 1 aliphatic heterocycles. The zero-order chi connectivity index (χ0) is 16.5. The standard InChI is InChI=1S/C13H16N3O5S/c1-15-8-11(12(17)16(2)13(15)18)22(19,20)14-9-4-6-10(21-3)7-5-9/h4-8,11,14H,1-3H3/q+1. The topological polar surface area (TPSA) is 95.8 Å². The van der Waals surface area contributed by atoms with Gasteiger partial charge >= 0.3 is 11.9 Å². The summed E-state index contributed by atoms with van der Waals surface area (Å²) < 4.78 is 33.1. The number of hydrogen-bond donors (Lipinski definition) is 1. The van der Waals surface area contributed by atoms with E-state index in [1.807, 2.05) is 0 Å². The van der Waals surface area contributed by atoms with Crippen LogP contribution in [-0.2, 0) is 14.8 Å². The summed E-state index contributed by atoms with van der Waals surface area (Å²) in [6.45, 7) is 0. The zero-order valence-electron chi connectivity index (χ0n) is 12.3. The molecule has 22 heavy (non-hydrogen) atoms. The summed E-state index contributed by atoms with van der Waals surface area (Å²) in [7, 11) is 0.102. The molecule has 0 fully saturated rings. The molecule has 1 atom stereocenters. The predicted octanol–water partition coefficient (Wildman–Crippen LogP) is 0.111. The summed E-state index contributed by atoms with van der Waals surface area (Å²) in [6, 6.07) is 5.63. The summed E-state index contributed by atoms with van der Waals surface area (Å²) in [5, 5.41) is -1.47. The number of sulfonamides is 1. The zero-order valence-corrected chi connectivity index (χ0v) is 13.1. The number of benzene rings is 1. The van der Waals surface area contributed by atoms with E-state index in [0.29, 0.717) is 11.4 Å². The average Bonchev–Trinajstić information content (AvgIpc) is 2.49. The van der Waals surface area contributed by atoms with Gasteiger partial charge in [0.25, 0.3) is 10.0 Å². The SMILES string of the molecule is COc1ccc(NS(=O)(=O)C2C=[N+](C)C(=O)N(C)C2=O)cc1. The lowest BCUT2D eigenvalue weighted by Gasteiger charge is -2.20. The van der Waals surface area contributed by atoms with Gasteiger partial charge in [0, 0.05) is 5.69 Å². The Hall–Kier alpha value is -2.42. The molecule has 2 rings (SSSR count). The largest absolute Gasteiger partial charge is 0.500 e. The Morgan fingerprint density at radius 3 is 2.36 bits per heavy atom. The van der Waals surface area contributed by atoms with E-state index in [-0.39, 0.29) is 0 Å². The quantitative estimate of drug-likeness (QED) is 0.792. The maximum absolute atomic E-state index is 12.4. The van der Waals surface area contributed by atoms with Crippen molar-refractivity contribution in [3.8, 4) is 5.75 Å². The van der Waals surface area contributed by atoms with Crippen molar-refractivity contribution in [3.05, 3.63) is 24.3 Å². The molecule has 1 aromatic carbocycles. The number of urea groups is 1. The molecule has 3 amide bonds. The summed E-state index contributed by atoms with van der Waals surface area (Å²) in [5.74, 6) is -0.225. The van der Waals surface area contributed by atoms with Crippen LogP contribution in [0.4, 0.5) is 10.5 Å². The van der Waals surface area contributed by atoms with Crippen LogP contribution in [-0.4, -0.2) is 62.5 Å². The highest BCUT2D eigenvalue weighted by atomic mass is 32.2. The fourth-order valence-electron chi connectivity index (χ4n) is 1.95. The molecule has 1 aliphatic rings. The highest BCUT2D eigenvalue weighted by Gasteiger charge is 2.46. The van der Waals surface area contributed by atoms with Crippen LogP contribution in [0.15, 0.2) is 24.3 Å². The van der Waals surface area contributed by atoms with Crippen LogP contribution in [0.2, 0.25) is 0 Å². The van der Waals surface area contributed by atoms with Gasteiger partial charge in [-0.1, -0.05) is 0 Å². The van der Waals surface area contributed by atoms with Crippen LogP contribution in [0.25, 0.3) is 0 Å². The number of ether oxygens (including phenoxy) is 1. The summed E-state index contributed by atoms with van der Waals surface area (Å²) in [6.07, 6.45) is 1.08. The molecule has 118 valence electrons. The molecular weight excluding hydrogens is 310 g/mol. The van der Waals surface area contributed by atoms with E-state index in [9.17, 15) is 18.0 Å². The minimum absolute atomic E-state index is 0.296. The lowest BCUT2D eigenvalue weighted by atomic mass is 10.3. The number of anilines is 1. The Morgan fingerprint density at radius 1 is 1.23 bits per heavy atom. The molecule has 0 aliphatic carbocycles. The Morgan fingerprint density at radius 2 is 1.82 bits per heavy atom. The molecule has 0 radical (unpaired) electrons. The van der Waals surface area contributed by atoms with Crippen molar-refractivity contribution in [1.29, 1.82) is 0 Å². The van der Waals surface area contributed by atoms with E-state index in [2.05, 4.69) is 4.72 Å². The number of amides is 3. The van der Waals surface area contributed by atoms with Crippen molar-refractivity contribution in [1.82, 2.24) is 4.90 Å². The van der Waals surface area contributed by atoms with E-state index in [1.54, 1.807) is 12.1 Å². The molecule has 1 unspecified atom stereocenters. The Bertz CT molecular complexity index is 739. The highest BCUT2D eigenvalue weighted by Crippen LogP contribution is 2.18. The van der Waals surface area contributed by atoms with Crippen molar-refractivity contribution in [2.45, 2.75) is 5.25 Å². The van der Waals surface area contributed by atoms with Crippen LogP contribution < -0.4 is 9.46 Å². The molecule has 0 spiro atoms. The highest BCUT2D eigenvalue weighted by molar-refractivity contribution is 7.94. The second-order valence-corrected chi connectivity index (χ2v) is 6.54. The third-order valence-corrected chi connectivity index (χ3v) is 4.72. The lowest BCUT2D eigenvalue weighted by molar-refractivity contribution is -0.399. The first-order valence-corrected chi connectivity index (χ1v) is 7.86. The second kappa shape index (κ2) is 5.76. The fraction of sp³-hybridized carbons (Fsp3) is 0.308. The van der Waals surface area contributed by atoms with Crippen LogP contribution in [0.1, 0.15) is 0 Å². The van der Waals surface area contributed by atoms with Gasteiger partial charge in [0.05, 0.1) is 21.2 Å². The van der Waals surface area contributed by atoms with Crippen molar-refractivity contribution in [2.24, 2.45) is 0 Å². The van der Waals surface area contributed by atoms with Gasteiger partial charge in [-0.2, -0.15) is 9.69 Å². The van der Waals surface area contributed by atoms with Crippen LogP contribution in [0, 0.1) is 0 Å². The Labute approximate surface area is 128 Å². The van der Waals surface area contributed by atoms with Gasteiger partial charge in [-0.25, -0.2) is 17.8 Å². The van der Waals surface area contributed by atoms with Gasteiger partial charge in [0.15, 0.2) is 0 Å². The maximum atomic E-state index is 12.4. The molecule has 0 bridgehead atoms. The van der Waals surface area contributed by atoms with Crippen LogP contribution in [0.5, 0.6) is 5.75 Å². The minimum atomic E-state index is -4.03. The second-order valence-electron chi connectivity index (χ2n) is 4.74. The number of imide groups is 1. The van der Waals surface area contributed by atoms with Crippen LogP contribution in [0.3, 0.4) is 0 Å². The van der Waals surface area contributed by atoms with Gasteiger partial charge in [0.1, 0.15) is 12.0 Å². The Balaban J connectivity index is 2.29. The van der Waals surface area contributed by atoms with Gasteiger partial charge in [-0.05, 0) is 24.3 Å². The number of rotatable bonds is 4. The minimum Gasteiger partial charge on any atom is -0.497 e. The van der Waals surface area contributed by atoms with Gasteiger partial charge in [-0.3, -0.25) is 4.72 Å². The number of methoxy groups -OCH3 is 1. The Kier molecular flexibility index (Phi) is 4.18. The third kappa shape index (κ3) is 2.93. The number of nitrogens with zero attached hydrogens (tertiary/aromatic N) is 2. The van der Waals surface area contributed by atoms with Crippen molar-refractivity contribution in [3.63, 3.8) is 0 Å². The molecule has 1 aromatic rings. The fourth-order valence-corrected chi connectivity index (χ4v) is 3.31. The van der Waals surface area contributed by atoms with Gasteiger partial charge in [0.2, 0.25) is 5.25 Å². The molecule has 9 heteroatoms. The number of nitrogens with one attached hydrogen (secondary N) is 1. The van der Waals surface area contributed by atoms with E-state index in [4.69, 9.17) is 4.74 Å². The average molecular weight is 326 g/mol. The van der Waals surface area contributed by atoms with Crippen molar-refractivity contribution in [2.75, 3.05) is 25.9 Å². The predicted molar refractivity (Wildman–Crippen MR) is 79.7 cm³/mol. The summed E-state index contributed by atoms with van der Waals surface area (Å²) >= 11 is 0. The summed E-state index contributed by atoms with van der Waals surface area (Å²) in [4.78, 5) is 24.4. The van der Waals surface area contributed by atoms with Gasteiger partial charge in [-0.15, -0.1) is 0 Å². The monoisotopic (exact) mass is 326 g/mol. The van der Waals surface area contributed by atoms with E-state index >= 15 is 0 Å². The molecular formula is C13H16N3O5S+. The molecule has 0 saturated heterocycles. The molecule has 1 heterocycles.